The Morgan fingerprint density at radius 1 is 0.354 bits per heavy atom. The minimum absolute atomic E-state index is 0.401. The van der Waals surface area contributed by atoms with Gasteiger partial charge in [0.15, 0.2) is 0 Å². The van der Waals surface area contributed by atoms with Crippen LogP contribution in [0.3, 0.4) is 0 Å². The Balaban J connectivity index is 1.51. The Kier molecular flexibility index (Phi) is 10.7. The second kappa shape index (κ2) is 14.8. The molecule has 0 saturated carbocycles. The minimum atomic E-state index is 0.401. The van der Waals surface area contributed by atoms with Gasteiger partial charge in [-0.3, -0.25) is 0 Å². The van der Waals surface area contributed by atoms with Gasteiger partial charge < -0.3 is 0 Å². The third kappa shape index (κ3) is 7.40. The van der Waals surface area contributed by atoms with Gasteiger partial charge in [-0.25, -0.2) is 0 Å². The van der Waals surface area contributed by atoms with Crippen LogP contribution in [-0.2, 0) is 0 Å². The van der Waals surface area contributed by atoms with Crippen molar-refractivity contribution in [1.82, 2.24) is 0 Å². The average molecular weight is 859 g/mol. The molecular formula is C45H45BiS2. The zero-order valence-electron chi connectivity index (χ0n) is 29.4. The van der Waals surface area contributed by atoms with Gasteiger partial charge >= 0.3 is 314 Å². The van der Waals surface area contributed by atoms with Crippen molar-refractivity contribution in [2.45, 2.75) is 67.5 Å². The van der Waals surface area contributed by atoms with E-state index in [4.69, 9.17) is 0 Å². The van der Waals surface area contributed by atoms with E-state index in [0.29, 0.717) is 2.29 Å². The van der Waals surface area contributed by atoms with E-state index >= 15 is 0 Å². The standard InChI is InChI=1S/C45H43S2.Bi.2H/c1-28-15-19-36(32(5)23-28)40-11-9-12-41(37-20-16-29(2)24-33(37)6)44(40)46-27-47-45-42(38-21-17-30(3)25-34(38)7)13-10-14-43(45)39-22-18-31(4)26-35(39)8;;;/h9-27H,1-8H3;;;. The normalized spacial score (nSPS) is 11.4. The van der Waals surface area contributed by atoms with Crippen molar-refractivity contribution >= 4 is 48.2 Å². The molecular weight excluding hydrogens is 814 g/mol. The van der Waals surface area contributed by atoms with Crippen molar-refractivity contribution in [3.8, 4) is 44.5 Å². The van der Waals surface area contributed by atoms with Crippen LogP contribution in [0, 0.1) is 55.4 Å². The third-order valence-corrected chi connectivity index (χ3v) is 14.8. The van der Waals surface area contributed by atoms with Gasteiger partial charge in [0.05, 0.1) is 0 Å². The van der Waals surface area contributed by atoms with Crippen molar-refractivity contribution in [2.75, 3.05) is 0 Å². The quantitative estimate of drug-likeness (QED) is 0.0850. The topological polar surface area (TPSA) is 0 Å². The van der Waals surface area contributed by atoms with Gasteiger partial charge in [-0.05, 0) is 0 Å². The molecule has 0 nitrogen and oxygen atoms in total. The summed E-state index contributed by atoms with van der Waals surface area (Å²) in [5, 5.41) is 0. The van der Waals surface area contributed by atoms with E-state index in [9.17, 15) is 0 Å². The van der Waals surface area contributed by atoms with E-state index < -0.39 is 0 Å². The Labute approximate surface area is 311 Å². The Morgan fingerprint density at radius 2 is 0.604 bits per heavy atom. The number of hydrogen-bond donors (Lipinski definition) is 0. The van der Waals surface area contributed by atoms with Crippen LogP contribution in [0.25, 0.3) is 44.5 Å². The summed E-state index contributed by atoms with van der Waals surface area (Å²) in [6.07, 6.45) is 0. The molecule has 0 aliphatic carbocycles. The van der Waals surface area contributed by atoms with E-state index in [1.807, 2.05) is 0 Å². The van der Waals surface area contributed by atoms with E-state index in [1.54, 1.807) is 0 Å². The molecule has 0 saturated heterocycles. The van der Waals surface area contributed by atoms with Crippen molar-refractivity contribution < 1.29 is 0 Å². The first-order chi connectivity index (χ1) is 23.0. The summed E-state index contributed by atoms with van der Waals surface area (Å²) in [6, 6.07) is 41.4. The summed E-state index contributed by atoms with van der Waals surface area (Å²) < 4.78 is 0.401. The first-order valence-corrected chi connectivity index (χ1v) is 21.0. The van der Waals surface area contributed by atoms with Crippen LogP contribution in [0.4, 0.5) is 0 Å². The zero-order valence-corrected chi connectivity index (χ0v) is 35.5. The van der Waals surface area contributed by atoms with Crippen LogP contribution >= 0.6 is 23.5 Å². The second-order valence-electron chi connectivity index (χ2n) is 13.2. The predicted molar refractivity (Wildman–Crippen MR) is 217 cm³/mol. The van der Waals surface area contributed by atoms with Gasteiger partial charge in [-0.15, -0.1) is 0 Å². The average Bonchev–Trinajstić information content (AvgIpc) is 3.02. The van der Waals surface area contributed by atoms with Gasteiger partial charge in [0.25, 0.3) is 0 Å². The molecule has 6 aromatic rings. The molecule has 0 aliphatic rings. The summed E-state index contributed by atoms with van der Waals surface area (Å²) in [7, 11) is 0. The molecule has 0 atom stereocenters. The number of aryl methyl sites for hydroxylation is 8. The van der Waals surface area contributed by atoms with Gasteiger partial charge in [-0.1, -0.05) is 0 Å². The maximum absolute atomic E-state index is 2.33. The summed E-state index contributed by atoms with van der Waals surface area (Å²) in [5.74, 6) is 0. The molecule has 6 aromatic carbocycles. The van der Waals surface area contributed by atoms with Crippen LogP contribution < -0.4 is 0 Å². The van der Waals surface area contributed by atoms with Gasteiger partial charge in [0.1, 0.15) is 0 Å². The monoisotopic (exact) mass is 858 g/mol. The molecule has 0 aliphatic heterocycles. The van der Waals surface area contributed by atoms with Crippen LogP contribution in [0.15, 0.2) is 119 Å². The van der Waals surface area contributed by atoms with Crippen LogP contribution in [-0.4, -0.2) is 27.0 Å². The first-order valence-electron chi connectivity index (χ1n) is 16.7. The molecule has 6 rings (SSSR count). The van der Waals surface area contributed by atoms with Crippen molar-refractivity contribution in [2.24, 2.45) is 0 Å². The van der Waals surface area contributed by atoms with Gasteiger partial charge in [-0.2, -0.15) is 0 Å². The first kappa shape index (κ1) is 34.8. The Hall–Kier alpha value is -3.10. The Bertz CT molecular complexity index is 1850. The predicted octanol–water partition coefficient (Wildman–Crippen LogP) is 12.6. The molecule has 0 unspecified atom stereocenters. The fourth-order valence-corrected chi connectivity index (χ4v) is 12.5. The summed E-state index contributed by atoms with van der Waals surface area (Å²) in [6.45, 7) is 17.8. The van der Waals surface area contributed by atoms with Crippen molar-refractivity contribution in [3.63, 3.8) is 0 Å². The molecule has 242 valence electrons. The summed E-state index contributed by atoms with van der Waals surface area (Å²) in [5.41, 5.74) is 21.1. The molecule has 3 heteroatoms. The summed E-state index contributed by atoms with van der Waals surface area (Å²) >= 11 is 4.87. The SMILES string of the molecule is Cc1ccc(-c2cccc(-c3ccc(C)cc3C)c2S[CH]([BiH2])Sc2c(-c3ccc(C)cc3C)cccc2-c2ccc(C)cc2C)c(C)c1. The number of hydrogen-bond acceptors (Lipinski definition) is 2. The van der Waals surface area contributed by atoms with Crippen LogP contribution in [0.1, 0.15) is 44.5 Å². The maximum atomic E-state index is 2.33. The molecule has 0 heterocycles. The van der Waals surface area contributed by atoms with Gasteiger partial charge in [0.2, 0.25) is 0 Å². The summed E-state index contributed by atoms with van der Waals surface area (Å²) in [4.78, 5) is 2.77. The molecule has 0 N–H and O–H groups in total. The molecule has 0 fully saturated rings. The number of benzene rings is 6. The fraction of sp³-hybridized carbons (Fsp3) is 0.200. The molecule has 0 radical (unpaired) electrons. The fourth-order valence-electron chi connectivity index (χ4n) is 6.90. The van der Waals surface area contributed by atoms with Crippen LogP contribution in [0.2, 0.25) is 0 Å². The van der Waals surface area contributed by atoms with E-state index in [-0.39, 0.29) is 0 Å². The van der Waals surface area contributed by atoms with E-state index in [1.165, 1.54) is 98.8 Å². The van der Waals surface area contributed by atoms with Gasteiger partial charge in [0, 0.05) is 0 Å². The van der Waals surface area contributed by atoms with Crippen LogP contribution in [0.5, 0.6) is 0 Å². The molecule has 0 amide bonds. The second-order valence-corrected chi connectivity index (χ2v) is 22.2. The molecule has 0 aromatic heterocycles. The molecule has 0 spiro atoms. The Morgan fingerprint density at radius 3 is 0.833 bits per heavy atom. The van der Waals surface area contributed by atoms with E-state index in [2.05, 4.69) is 188 Å². The number of thioether (sulfide) groups is 2. The van der Waals surface area contributed by atoms with E-state index in [0.717, 1.165) is 24.7 Å². The number of rotatable bonds is 8. The zero-order chi connectivity index (χ0) is 34.1. The molecule has 0 bridgehead atoms. The van der Waals surface area contributed by atoms with Crippen molar-refractivity contribution in [1.29, 1.82) is 0 Å². The third-order valence-electron chi connectivity index (χ3n) is 9.19. The van der Waals surface area contributed by atoms with Crippen molar-refractivity contribution in [3.05, 3.63) is 154 Å². The molecule has 48 heavy (non-hydrogen) atoms.